The van der Waals surface area contributed by atoms with Crippen molar-refractivity contribution in [3.63, 3.8) is 0 Å². The van der Waals surface area contributed by atoms with Crippen molar-refractivity contribution in [1.29, 1.82) is 0 Å². The molecule has 1 aromatic heterocycles. The lowest BCUT2D eigenvalue weighted by Crippen LogP contribution is -2.29. The minimum atomic E-state index is 0.536. The minimum absolute atomic E-state index is 0.536. The van der Waals surface area contributed by atoms with Crippen LogP contribution in [0.5, 0.6) is 0 Å². The Morgan fingerprint density at radius 2 is 1.88 bits per heavy atom. The second kappa shape index (κ2) is 4.49. The van der Waals surface area contributed by atoms with E-state index in [0.29, 0.717) is 5.15 Å². The highest BCUT2D eigenvalue weighted by Crippen LogP contribution is 2.26. The number of benzene rings is 1. The molecule has 3 rings (SSSR count). The van der Waals surface area contributed by atoms with Crippen LogP contribution in [-0.2, 0) is 0 Å². The second-order valence-corrected chi connectivity index (χ2v) is 4.77. The van der Waals surface area contributed by atoms with E-state index in [1.807, 2.05) is 6.07 Å². The van der Waals surface area contributed by atoms with Gasteiger partial charge in [0.25, 0.3) is 0 Å². The van der Waals surface area contributed by atoms with Gasteiger partial charge >= 0.3 is 0 Å². The van der Waals surface area contributed by atoms with Crippen molar-refractivity contribution in [3.05, 3.63) is 29.7 Å². The van der Waals surface area contributed by atoms with Gasteiger partial charge in [-0.3, -0.25) is 0 Å². The van der Waals surface area contributed by atoms with Gasteiger partial charge in [-0.05, 0) is 37.5 Å². The van der Waals surface area contributed by atoms with Crippen molar-refractivity contribution < 1.29 is 0 Å². The second-order valence-electron chi connectivity index (χ2n) is 4.41. The van der Waals surface area contributed by atoms with Crippen LogP contribution < -0.4 is 4.90 Å². The number of fused-ring (bicyclic) bond motifs is 1. The summed E-state index contributed by atoms with van der Waals surface area (Å²) in [5.41, 5.74) is 2.14. The van der Waals surface area contributed by atoms with E-state index < -0.39 is 0 Å². The van der Waals surface area contributed by atoms with Crippen molar-refractivity contribution in [2.24, 2.45) is 0 Å². The van der Waals surface area contributed by atoms with E-state index in [1.165, 1.54) is 31.3 Å². The quantitative estimate of drug-likeness (QED) is 0.725. The van der Waals surface area contributed by atoms with E-state index in [4.69, 9.17) is 11.6 Å². The first-order valence-corrected chi connectivity index (χ1v) is 6.37. The maximum Gasteiger partial charge on any atom is 0.140 e. The molecule has 1 saturated heterocycles. The van der Waals surface area contributed by atoms with Gasteiger partial charge in [-0.1, -0.05) is 11.6 Å². The maximum absolute atomic E-state index is 6.10. The fraction of sp³-hybridized carbons (Fsp3) is 0.385. The molecule has 1 fully saturated rings. The number of anilines is 1. The zero-order chi connectivity index (χ0) is 11.7. The number of aromatic nitrogens is 2. The Bertz CT molecular complexity index is 535. The molecule has 2 heterocycles. The van der Waals surface area contributed by atoms with Gasteiger partial charge in [0, 0.05) is 24.2 Å². The molecule has 1 aromatic carbocycles. The highest BCUT2D eigenvalue weighted by molar-refractivity contribution is 6.34. The Labute approximate surface area is 105 Å². The maximum atomic E-state index is 6.10. The van der Waals surface area contributed by atoms with Crippen LogP contribution in [-0.4, -0.2) is 23.1 Å². The normalized spacial score (nSPS) is 16.4. The van der Waals surface area contributed by atoms with Crippen LogP contribution in [0.3, 0.4) is 0 Å². The van der Waals surface area contributed by atoms with Crippen LogP contribution in [0.15, 0.2) is 24.5 Å². The van der Waals surface area contributed by atoms with E-state index >= 15 is 0 Å². The van der Waals surface area contributed by atoms with Gasteiger partial charge in [0.1, 0.15) is 11.5 Å². The lowest BCUT2D eigenvalue weighted by atomic mass is 10.1. The minimum Gasteiger partial charge on any atom is -0.372 e. The van der Waals surface area contributed by atoms with Crippen LogP contribution in [0.25, 0.3) is 10.9 Å². The van der Waals surface area contributed by atoms with Crippen LogP contribution in [0.2, 0.25) is 5.15 Å². The molecule has 88 valence electrons. The van der Waals surface area contributed by atoms with Gasteiger partial charge < -0.3 is 4.90 Å². The Morgan fingerprint density at radius 1 is 1.06 bits per heavy atom. The SMILES string of the molecule is Clc1ncnc2ccc(N3CCCCC3)cc12. The van der Waals surface area contributed by atoms with Crippen LogP contribution >= 0.6 is 11.6 Å². The number of rotatable bonds is 1. The van der Waals surface area contributed by atoms with Gasteiger partial charge in [0.2, 0.25) is 0 Å². The monoisotopic (exact) mass is 247 g/mol. The van der Waals surface area contributed by atoms with E-state index in [0.717, 1.165) is 24.0 Å². The largest absolute Gasteiger partial charge is 0.372 e. The van der Waals surface area contributed by atoms with Gasteiger partial charge in [-0.2, -0.15) is 0 Å². The molecule has 1 aliphatic rings. The highest BCUT2D eigenvalue weighted by Gasteiger charge is 2.12. The summed E-state index contributed by atoms with van der Waals surface area (Å²) in [6.07, 6.45) is 5.40. The molecule has 2 aromatic rings. The molecular formula is C13H14ClN3. The predicted octanol–water partition coefficient (Wildman–Crippen LogP) is 3.27. The zero-order valence-electron chi connectivity index (χ0n) is 9.56. The first-order chi connectivity index (χ1) is 8.34. The van der Waals surface area contributed by atoms with Crippen molar-refractivity contribution in [2.75, 3.05) is 18.0 Å². The Kier molecular flexibility index (Phi) is 2.85. The fourth-order valence-corrected chi connectivity index (χ4v) is 2.56. The molecule has 0 atom stereocenters. The summed E-state index contributed by atoms with van der Waals surface area (Å²) in [6, 6.07) is 6.24. The summed E-state index contributed by atoms with van der Waals surface area (Å²) >= 11 is 6.10. The average molecular weight is 248 g/mol. The molecule has 0 N–H and O–H groups in total. The molecule has 4 heteroatoms. The van der Waals surface area contributed by atoms with E-state index in [-0.39, 0.29) is 0 Å². The topological polar surface area (TPSA) is 29.0 Å². The van der Waals surface area contributed by atoms with E-state index in [9.17, 15) is 0 Å². The zero-order valence-corrected chi connectivity index (χ0v) is 10.3. The Hall–Kier alpha value is -1.35. The van der Waals surface area contributed by atoms with Crippen molar-refractivity contribution >= 4 is 28.2 Å². The standard InChI is InChI=1S/C13H14ClN3/c14-13-11-8-10(17-6-2-1-3-7-17)4-5-12(11)15-9-16-13/h4-5,8-9H,1-3,6-7H2. The van der Waals surface area contributed by atoms with Crippen LogP contribution in [0.1, 0.15) is 19.3 Å². The highest BCUT2D eigenvalue weighted by atomic mass is 35.5. The van der Waals surface area contributed by atoms with E-state index in [2.05, 4.69) is 27.0 Å². The molecule has 0 saturated carbocycles. The summed E-state index contributed by atoms with van der Waals surface area (Å²) in [7, 11) is 0. The van der Waals surface area contributed by atoms with Gasteiger partial charge in [-0.25, -0.2) is 9.97 Å². The molecule has 0 radical (unpaired) electrons. The number of hydrogen-bond acceptors (Lipinski definition) is 3. The number of halogens is 1. The average Bonchev–Trinajstić information content (AvgIpc) is 2.40. The molecule has 3 nitrogen and oxygen atoms in total. The molecule has 17 heavy (non-hydrogen) atoms. The summed E-state index contributed by atoms with van der Waals surface area (Å²) in [5, 5.41) is 1.48. The van der Waals surface area contributed by atoms with Crippen molar-refractivity contribution in [3.8, 4) is 0 Å². The first-order valence-electron chi connectivity index (χ1n) is 6.00. The molecule has 0 bridgehead atoms. The molecule has 0 unspecified atom stereocenters. The fourth-order valence-electron chi connectivity index (χ4n) is 2.36. The Morgan fingerprint density at radius 3 is 2.71 bits per heavy atom. The molecule has 0 aliphatic carbocycles. The summed E-state index contributed by atoms with van der Waals surface area (Å²) in [5.74, 6) is 0. The van der Waals surface area contributed by atoms with E-state index in [1.54, 1.807) is 0 Å². The third-order valence-electron chi connectivity index (χ3n) is 3.29. The van der Waals surface area contributed by atoms with Gasteiger partial charge in [0.15, 0.2) is 0 Å². The lowest BCUT2D eigenvalue weighted by Gasteiger charge is -2.28. The Balaban J connectivity index is 2.03. The summed E-state index contributed by atoms with van der Waals surface area (Å²) in [4.78, 5) is 10.7. The number of nitrogens with zero attached hydrogens (tertiary/aromatic N) is 3. The lowest BCUT2D eigenvalue weighted by molar-refractivity contribution is 0.578. The van der Waals surface area contributed by atoms with Gasteiger partial charge in [0.05, 0.1) is 5.52 Å². The molecular weight excluding hydrogens is 234 g/mol. The number of piperidine rings is 1. The van der Waals surface area contributed by atoms with Crippen LogP contribution in [0, 0.1) is 0 Å². The summed E-state index contributed by atoms with van der Waals surface area (Å²) < 4.78 is 0. The first kappa shape index (κ1) is 10.8. The third-order valence-corrected chi connectivity index (χ3v) is 3.59. The molecule has 0 amide bonds. The third kappa shape index (κ3) is 2.07. The number of hydrogen-bond donors (Lipinski definition) is 0. The van der Waals surface area contributed by atoms with Crippen LogP contribution in [0.4, 0.5) is 5.69 Å². The molecule has 1 aliphatic heterocycles. The molecule has 0 spiro atoms. The summed E-state index contributed by atoms with van der Waals surface area (Å²) in [6.45, 7) is 2.27. The predicted molar refractivity (Wildman–Crippen MR) is 70.6 cm³/mol. The van der Waals surface area contributed by atoms with Gasteiger partial charge in [-0.15, -0.1) is 0 Å². The van der Waals surface area contributed by atoms with Crippen molar-refractivity contribution in [1.82, 2.24) is 9.97 Å². The smallest absolute Gasteiger partial charge is 0.140 e. The van der Waals surface area contributed by atoms with Crippen molar-refractivity contribution in [2.45, 2.75) is 19.3 Å².